The second kappa shape index (κ2) is 6.83. The van der Waals surface area contributed by atoms with E-state index in [1.807, 2.05) is 19.9 Å². The van der Waals surface area contributed by atoms with E-state index in [0.717, 1.165) is 62.5 Å². The van der Waals surface area contributed by atoms with Crippen LogP contribution in [0.1, 0.15) is 49.0 Å². The molecule has 6 nitrogen and oxygen atoms in total. The van der Waals surface area contributed by atoms with Gasteiger partial charge in [-0.2, -0.15) is 0 Å². The van der Waals surface area contributed by atoms with Gasteiger partial charge in [-0.15, -0.1) is 0 Å². The summed E-state index contributed by atoms with van der Waals surface area (Å²) in [5.74, 6) is 0.243. The van der Waals surface area contributed by atoms with Gasteiger partial charge in [-0.05, 0) is 31.9 Å². The van der Waals surface area contributed by atoms with Crippen LogP contribution in [0.15, 0.2) is 24.5 Å². The number of aryl methyl sites for hydroxylation is 1. The maximum Gasteiger partial charge on any atom is 0.223 e. The lowest BCUT2D eigenvalue weighted by atomic mass is 9.78. The minimum Gasteiger partial charge on any atom is -0.348 e. The molecule has 0 saturated carbocycles. The Labute approximate surface area is 154 Å². The molecule has 1 spiro atoms. The molecule has 0 unspecified atom stereocenters. The highest BCUT2D eigenvalue weighted by atomic mass is 16.2. The Balaban J connectivity index is 1.54. The van der Waals surface area contributed by atoms with E-state index in [0.29, 0.717) is 6.42 Å². The molecule has 1 amide bonds. The van der Waals surface area contributed by atoms with E-state index in [1.165, 1.54) is 5.69 Å². The predicted molar refractivity (Wildman–Crippen MR) is 99.5 cm³/mol. The molecule has 0 radical (unpaired) electrons. The van der Waals surface area contributed by atoms with Crippen molar-refractivity contribution in [3.8, 4) is 0 Å². The molecule has 138 valence electrons. The van der Waals surface area contributed by atoms with Gasteiger partial charge in [0.15, 0.2) is 0 Å². The average molecular weight is 353 g/mol. The van der Waals surface area contributed by atoms with E-state index in [4.69, 9.17) is 0 Å². The third-order valence-corrected chi connectivity index (χ3v) is 5.88. The van der Waals surface area contributed by atoms with Crippen LogP contribution in [0.2, 0.25) is 0 Å². The molecular formula is C20H27N5O. The van der Waals surface area contributed by atoms with Gasteiger partial charge >= 0.3 is 0 Å². The minimum absolute atomic E-state index is 0.239. The van der Waals surface area contributed by atoms with Crippen LogP contribution in [0.3, 0.4) is 0 Å². The first-order chi connectivity index (χ1) is 12.6. The molecule has 0 atom stereocenters. The van der Waals surface area contributed by atoms with Crippen molar-refractivity contribution in [2.24, 2.45) is 0 Å². The first kappa shape index (κ1) is 17.2. The first-order valence-electron chi connectivity index (χ1n) is 9.60. The number of H-pyrrole nitrogens is 1. The molecule has 1 N–H and O–H groups in total. The lowest BCUT2D eigenvalue weighted by molar-refractivity contribution is -0.141. The molecule has 4 heterocycles. The minimum atomic E-state index is -0.239. The summed E-state index contributed by atoms with van der Waals surface area (Å²) in [6.07, 6.45) is 5.08. The molecular weight excluding hydrogens is 326 g/mol. The maximum absolute atomic E-state index is 12.6. The lowest BCUT2D eigenvalue weighted by Gasteiger charge is -2.50. The summed E-state index contributed by atoms with van der Waals surface area (Å²) in [4.78, 5) is 29.8. The third-order valence-electron chi connectivity index (χ3n) is 5.88. The van der Waals surface area contributed by atoms with E-state index >= 15 is 0 Å². The molecule has 1 saturated heterocycles. The first-order valence-corrected chi connectivity index (χ1v) is 9.60. The Kier molecular flexibility index (Phi) is 4.53. The number of rotatable bonds is 3. The number of imidazole rings is 1. The van der Waals surface area contributed by atoms with Crippen molar-refractivity contribution >= 4 is 5.91 Å². The van der Waals surface area contributed by atoms with Crippen molar-refractivity contribution in [2.75, 3.05) is 19.6 Å². The smallest absolute Gasteiger partial charge is 0.223 e. The van der Waals surface area contributed by atoms with Gasteiger partial charge in [-0.3, -0.25) is 14.7 Å². The second-order valence-corrected chi connectivity index (χ2v) is 7.46. The number of fused-ring (bicyclic) bond motifs is 2. The maximum atomic E-state index is 12.6. The van der Waals surface area contributed by atoms with Gasteiger partial charge in [-0.1, -0.05) is 13.0 Å². The zero-order valence-electron chi connectivity index (χ0n) is 15.7. The Bertz CT molecular complexity index is 791. The van der Waals surface area contributed by atoms with E-state index in [-0.39, 0.29) is 11.4 Å². The van der Waals surface area contributed by atoms with Crippen molar-refractivity contribution in [1.29, 1.82) is 0 Å². The Morgan fingerprint density at radius 3 is 2.81 bits per heavy atom. The predicted octanol–water partition coefficient (Wildman–Crippen LogP) is 2.40. The number of hydrogen-bond acceptors (Lipinski definition) is 4. The standard InChI is InChI=1S/C20H27N5O/c1-3-18(26)25-10-7-17-19(22-14-21-17)20(25)8-11-24(12-9-20)13-16-6-4-5-15(2)23-16/h4-6,14H,3,7-13H2,1-2H3,(H,21,22). The largest absolute Gasteiger partial charge is 0.348 e. The van der Waals surface area contributed by atoms with Crippen molar-refractivity contribution in [3.05, 3.63) is 47.3 Å². The van der Waals surface area contributed by atoms with E-state index in [2.05, 4.69) is 36.9 Å². The summed E-state index contributed by atoms with van der Waals surface area (Å²) < 4.78 is 0. The van der Waals surface area contributed by atoms with Crippen LogP contribution in [-0.2, 0) is 23.3 Å². The Morgan fingerprint density at radius 1 is 1.27 bits per heavy atom. The molecule has 4 rings (SSSR count). The third kappa shape index (κ3) is 2.92. The summed E-state index contributed by atoms with van der Waals surface area (Å²) in [6.45, 7) is 7.55. The number of carbonyl (C=O) groups is 1. The SMILES string of the molecule is CCC(=O)N1CCc2[nH]cnc2C12CCN(Cc1cccc(C)n1)CC2. The summed E-state index contributed by atoms with van der Waals surface area (Å²) in [7, 11) is 0. The number of pyridine rings is 1. The highest BCUT2D eigenvalue weighted by Gasteiger charge is 2.48. The van der Waals surface area contributed by atoms with Crippen LogP contribution in [0.4, 0.5) is 0 Å². The number of aromatic amines is 1. The zero-order chi connectivity index (χ0) is 18.1. The topological polar surface area (TPSA) is 65.1 Å². The van der Waals surface area contributed by atoms with E-state index < -0.39 is 0 Å². The molecule has 6 heteroatoms. The number of nitrogens with zero attached hydrogens (tertiary/aromatic N) is 4. The molecule has 26 heavy (non-hydrogen) atoms. The van der Waals surface area contributed by atoms with Gasteiger partial charge in [0.2, 0.25) is 5.91 Å². The van der Waals surface area contributed by atoms with Gasteiger partial charge in [0.1, 0.15) is 0 Å². The number of likely N-dealkylation sites (tertiary alicyclic amines) is 1. The van der Waals surface area contributed by atoms with Crippen molar-refractivity contribution in [3.63, 3.8) is 0 Å². The number of hydrogen-bond donors (Lipinski definition) is 1. The Morgan fingerprint density at radius 2 is 2.08 bits per heavy atom. The fourth-order valence-corrected chi connectivity index (χ4v) is 4.54. The van der Waals surface area contributed by atoms with Crippen molar-refractivity contribution in [1.82, 2.24) is 24.8 Å². The number of aromatic nitrogens is 3. The van der Waals surface area contributed by atoms with Gasteiger partial charge in [0, 0.05) is 50.4 Å². The molecule has 2 aliphatic heterocycles. The van der Waals surface area contributed by atoms with Crippen LogP contribution < -0.4 is 0 Å². The van der Waals surface area contributed by atoms with Crippen LogP contribution in [0.5, 0.6) is 0 Å². The van der Waals surface area contributed by atoms with Gasteiger partial charge in [-0.25, -0.2) is 4.98 Å². The molecule has 2 aromatic heterocycles. The fraction of sp³-hybridized carbons (Fsp3) is 0.550. The van der Waals surface area contributed by atoms with Crippen LogP contribution in [0, 0.1) is 6.92 Å². The molecule has 2 aromatic rings. The number of nitrogens with one attached hydrogen (secondary N) is 1. The van der Waals surface area contributed by atoms with Crippen molar-refractivity contribution in [2.45, 2.75) is 51.6 Å². The molecule has 0 bridgehead atoms. The van der Waals surface area contributed by atoms with Crippen LogP contribution in [-0.4, -0.2) is 50.3 Å². The molecule has 0 aliphatic carbocycles. The average Bonchev–Trinajstić information content (AvgIpc) is 3.13. The number of amides is 1. The van der Waals surface area contributed by atoms with E-state index in [1.54, 1.807) is 6.33 Å². The van der Waals surface area contributed by atoms with Gasteiger partial charge in [0.05, 0.1) is 23.3 Å². The monoisotopic (exact) mass is 353 g/mol. The molecule has 1 fully saturated rings. The highest BCUT2D eigenvalue weighted by molar-refractivity contribution is 5.77. The highest BCUT2D eigenvalue weighted by Crippen LogP contribution is 2.42. The van der Waals surface area contributed by atoms with E-state index in [9.17, 15) is 4.79 Å². The number of piperidine rings is 1. The summed E-state index contributed by atoms with van der Waals surface area (Å²) in [6, 6.07) is 6.20. The molecule has 0 aromatic carbocycles. The zero-order valence-corrected chi connectivity index (χ0v) is 15.7. The fourth-order valence-electron chi connectivity index (χ4n) is 4.54. The quantitative estimate of drug-likeness (QED) is 0.920. The summed E-state index contributed by atoms with van der Waals surface area (Å²) >= 11 is 0. The normalized spacial score (nSPS) is 19.5. The van der Waals surface area contributed by atoms with Crippen LogP contribution in [0.25, 0.3) is 0 Å². The summed E-state index contributed by atoms with van der Waals surface area (Å²) in [5, 5.41) is 0. The lowest BCUT2D eigenvalue weighted by Crippen LogP contribution is -2.58. The second-order valence-electron chi connectivity index (χ2n) is 7.46. The van der Waals surface area contributed by atoms with Gasteiger partial charge < -0.3 is 9.88 Å². The summed E-state index contributed by atoms with van der Waals surface area (Å²) in [5.41, 5.74) is 4.24. The van der Waals surface area contributed by atoms with Gasteiger partial charge in [0.25, 0.3) is 0 Å². The molecule has 2 aliphatic rings. The van der Waals surface area contributed by atoms with Crippen LogP contribution >= 0.6 is 0 Å². The van der Waals surface area contributed by atoms with Crippen molar-refractivity contribution < 1.29 is 4.79 Å². The Hall–Kier alpha value is -2.21. The number of carbonyl (C=O) groups excluding carboxylic acids is 1.